The maximum absolute atomic E-state index is 12.6. The van der Waals surface area contributed by atoms with Gasteiger partial charge >= 0.3 is 6.18 Å². The van der Waals surface area contributed by atoms with E-state index in [1.54, 1.807) is 0 Å². The monoisotopic (exact) mass is 259 g/mol. The molecule has 3 rings (SSSR count). The van der Waals surface area contributed by atoms with Crippen LogP contribution >= 0.6 is 0 Å². The van der Waals surface area contributed by atoms with Crippen LogP contribution in [0.5, 0.6) is 5.75 Å². The first kappa shape index (κ1) is 11.6. The molecular formula is C12H12F3NO2. The fraction of sp³-hybridized carbons (Fsp3) is 0.500. The maximum Gasteiger partial charge on any atom is 0.416 e. The van der Waals surface area contributed by atoms with Crippen LogP contribution in [0, 0.1) is 0 Å². The SMILES string of the molecule is FC(F)(F)c1ccc2c(c1)NC1COCCC1O2. The molecule has 0 radical (unpaired) electrons. The highest BCUT2D eigenvalue weighted by molar-refractivity contribution is 5.61. The number of anilines is 1. The number of hydrogen-bond acceptors (Lipinski definition) is 3. The third kappa shape index (κ3) is 2.01. The second-order valence-electron chi connectivity index (χ2n) is 4.48. The third-order valence-electron chi connectivity index (χ3n) is 3.22. The van der Waals surface area contributed by atoms with Crippen molar-refractivity contribution in [3.05, 3.63) is 23.8 Å². The van der Waals surface area contributed by atoms with Gasteiger partial charge in [-0.2, -0.15) is 13.2 Å². The minimum absolute atomic E-state index is 0.0250. The van der Waals surface area contributed by atoms with Gasteiger partial charge in [-0.3, -0.25) is 0 Å². The summed E-state index contributed by atoms with van der Waals surface area (Å²) in [5.74, 6) is 0.478. The molecule has 98 valence electrons. The molecule has 0 spiro atoms. The van der Waals surface area contributed by atoms with Gasteiger partial charge in [0.1, 0.15) is 11.9 Å². The molecule has 2 unspecified atom stereocenters. The van der Waals surface area contributed by atoms with Crippen LogP contribution in [-0.2, 0) is 10.9 Å². The summed E-state index contributed by atoms with van der Waals surface area (Å²) in [6.07, 6.45) is -3.61. The van der Waals surface area contributed by atoms with Crippen molar-refractivity contribution in [2.24, 2.45) is 0 Å². The Kier molecular flexibility index (Phi) is 2.62. The summed E-state index contributed by atoms with van der Waals surface area (Å²) in [4.78, 5) is 0. The van der Waals surface area contributed by atoms with Crippen molar-refractivity contribution in [3.63, 3.8) is 0 Å². The van der Waals surface area contributed by atoms with Crippen LogP contribution < -0.4 is 10.1 Å². The van der Waals surface area contributed by atoms with E-state index in [-0.39, 0.29) is 12.1 Å². The smallest absolute Gasteiger partial charge is 0.416 e. The lowest BCUT2D eigenvalue weighted by atomic mass is 10.0. The summed E-state index contributed by atoms with van der Waals surface area (Å²) in [6, 6.07) is 3.42. The molecule has 0 amide bonds. The van der Waals surface area contributed by atoms with Gasteiger partial charge in [-0.1, -0.05) is 0 Å². The quantitative estimate of drug-likeness (QED) is 0.777. The number of benzene rings is 1. The molecule has 0 bridgehead atoms. The van der Waals surface area contributed by atoms with Crippen molar-refractivity contribution < 1.29 is 22.6 Å². The normalized spacial score (nSPS) is 26.6. The summed E-state index contributed by atoms with van der Waals surface area (Å²) < 4.78 is 48.8. The summed E-state index contributed by atoms with van der Waals surface area (Å²) >= 11 is 0. The maximum atomic E-state index is 12.6. The minimum Gasteiger partial charge on any atom is -0.486 e. The molecule has 0 aliphatic carbocycles. The van der Waals surface area contributed by atoms with Gasteiger partial charge in [-0.05, 0) is 18.2 Å². The molecule has 1 aromatic carbocycles. The number of alkyl halides is 3. The summed E-state index contributed by atoms with van der Waals surface area (Å²) in [7, 11) is 0. The Bertz CT molecular complexity index is 461. The average molecular weight is 259 g/mol. The van der Waals surface area contributed by atoms with Gasteiger partial charge in [0.05, 0.1) is 30.5 Å². The lowest BCUT2D eigenvalue weighted by molar-refractivity contribution is -0.137. The Morgan fingerprint density at radius 2 is 2.11 bits per heavy atom. The van der Waals surface area contributed by atoms with E-state index in [4.69, 9.17) is 9.47 Å². The first-order valence-corrected chi connectivity index (χ1v) is 5.76. The fourth-order valence-corrected chi connectivity index (χ4v) is 2.28. The molecular weight excluding hydrogens is 247 g/mol. The molecule has 1 fully saturated rings. The molecule has 1 saturated heterocycles. The van der Waals surface area contributed by atoms with Gasteiger partial charge in [0, 0.05) is 6.42 Å². The highest BCUT2D eigenvalue weighted by Crippen LogP contribution is 2.38. The van der Waals surface area contributed by atoms with E-state index in [1.807, 2.05) is 0 Å². The van der Waals surface area contributed by atoms with Crippen molar-refractivity contribution >= 4 is 5.69 Å². The summed E-state index contributed by atoms with van der Waals surface area (Å²) in [5, 5.41) is 3.06. The number of ether oxygens (including phenoxy) is 2. The number of rotatable bonds is 0. The lowest BCUT2D eigenvalue weighted by Gasteiger charge is -2.38. The Balaban J connectivity index is 1.91. The van der Waals surface area contributed by atoms with Gasteiger partial charge in [0.15, 0.2) is 0 Å². The third-order valence-corrected chi connectivity index (χ3v) is 3.22. The highest BCUT2D eigenvalue weighted by Gasteiger charge is 2.35. The van der Waals surface area contributed by atoms with Crippen molar-refractivity contribution in [3.8, 4) is 5.75 Å². The fourth-order valence-electron chi connectivity index (χ4n) is 2.28. The zero-order valence-electron chi connectivity index (χ0n) is 9.46. The number of fused-ring (bicyclic) bond motifs is 2. The number of halogens is 3. The van der Waals surface area contributed by atoms with Crippen molar-refractivity contribution in [2.45, 2.75) is 24.7 Å². The second-order valence-corrected chi connectivity index (χ2v) is 4.48. The van der Waals surface area contributed by atoms with E-state index in [1.165, 1.54) is 6.07 Å². The zero-order valence-corrected chi connectivity index (χ0v) is 9.46. The molecule has 6 heteroatoms. The molecule has 2 heterocycles. The van der Waals surface area contributed by atoms with Gasteiger partial charge in [0.2, 0.25) is 0 Å². The van der Waals surface area contributed by atoms with E-state index >= 15 is 0 Å². The van der Waals surface area contributed by atoms with Crippen LogP contribution in [0.3, 0.4) is 0 Å². The molecule has 1 N–H and O–H groups in total. The standard InChI is InChI=1S/C12H12F3NO2/c13-12(14,15)7-1-2-10-8(5-7)16-9-6-17-4-3-11(9)18-10/h1-2,5,9,11,16H,3-4,6H2. The van der Waals surface area contributed by atoms with Crippen LogP contribution in [0.2, 0.25) is 0 Å². The van der Waals surface area contributed by atoms with Gasteiger partial charge in [-0.15, -0.1) is 0 Å². The van der Waals surface area contributed by atoms with Crippen LogP contribution in [0.25, 0.3) is 0 Å². The Hall–Kier alpha value is -1.43. The summed E-state index contributed by atoms with van der Waals surface area (Å²) in [6.45, 7) is 1.08. The molecule has 18 heavy (non-hydrogen) atoms. The van der Waals surface area contributed by atoms with E-state index in [0.29, 0.717) is 24.7 Å². The largest absolute Gasteiger partial charge is 0.486 e. The predicted octanol–water partition coefficient (Wildman–Crippen LogP) is 2.67. The van der Waals surface area contributed by atoms with E-state index in [2.05, 4.69) is 5.32 Å². The van der Waals surface area contributed by atoms with Gasteiger partial charge in [-0.25, -0.2) is 0 Å². The van der Waals surface area contributed by atoms with Crippen molar-refractivity contribution in [1.29, 1.82) is 0 Å². The molecule has 3 nitrogen and oxygen atoms in total. The van der Waals surface area contributed by atoms with E-state index in [9.17, 15) is 13.2 Å². The number of nitrogens with one attached hydrogen (secondary N) is 1. The van der Waals surface area contributed by atoms with Crippen molar-refractivity contribution in [2.75, 3.05) is 18.5 Å². The van der Waals surface area contributed by atoms with E-state index in [0.717, 1.165) is 18.6 Å². The lowest BCUT2D eigenvalue weighted by Crippen LogP contribution is -2.48. The summed E-state index contributed by atoms with van der Waals surface area (Å²) in [5.41, 5.74) is -0.288. The van der Waals surface area contributed by atoms with Gasteiger partial charge in [0.25, 0.3) is 0 Å². The van der Waals surface area contributed by atoms with Crippen LogP contribution in [0.1, 0.15) is 12.0 Å². The van der Waals surface area contributed by atoms with Gasteiger partial charge < -0.3 is 14.8 Å². The van der Waals surface area contributed by atoms with Crippen molar-refractivity contribution in [1.82, 2.24) is 0 Å². The minimum atomic E-state index is -4.34. The van der Waals surface area contributed by atoms with Crippen LogP contribution in [-0.4, -0.2) is 25.4 Å². The second kappa shape index (κ2) is 4.05. The zero-order chi connectivity index (χ0) is 12.8. The van der Waals surface area contributed by atoms with Crippen LogP contribution in [0.4, 0.5) is 18.9 Å². The first-order valence-electron chi connectivity index (χ1n) is 5.76. The van der Waals surface area contributed by atoms with Crippen LogP contribution in [0.15, 0.2) is 18.2 Å². The highest BCUT2D eigenvalue weighted by atomic mass is 19.4. The Labute approximate surface area is 102 Å². The molecule has 0 aromatic heterocycles. The Morgan fingerprint density at radius 1 is 1.28 bits per heavy atom. The topological polar surface area (TPSA) is 30.5 Å². The molecule has 2 atom stereocenters. The number of hydrogen-bond donors (Lipinski definition) is 1. The van der Waals surface area contributed by atoms with E-state index < -0.39 is 11.7 Å². The Morgan fingerprint density at radius 3 is 2.89 bits per heavy atom. The molecule has 2 aliphatic heterocycles. The first-order chi connectivity index (χ1) is 8.54. The molecule has 0 saturated carbocycles. The molecule has 2 aliphatic rings. The molecule has 1 aromatic rings. The average Bonchev–Trinajstić information content (AvgIpc) is 2.34. The predicted molar refractivity (Wildman–Crippen MR) is 58.7 cm³/mol.